The van der Waals surface area contributed by atoms with E-state index in [1.807, 2.05) is 18.2 Å². The molecule has 1 atom stereocenters. The first-order valence-electron chi connectivity index (χ1n) is 7.55. The standard InChI is InChI=1S/C17H27NO/c1-3-4-5-6-10-13-17(19)18-14-15(2)16-11-8-7-9-12-16/h7-9,11-12,15H,3-6,10,13-14H2,1-2H3,(H,18,19)/t15-/m0/s1. The van der Waals surface area contributed by atoms with Crippen LogP contribution in [0.2, 0.25) is 0 Å². The Balaban J connectivity index is 2.13. The van der Waals surface area contributed by atoms with Crippen molar-refractivity contribution < 1.29 is 4.79 Å². The largest absolute Gasteiger partial charge is 0.356 e. The van der Waals surface area contributed by atoms with Gasteiger partial charge in [0.05, 0.1) is 0 Å². The number of unbranched alkanes of at least 4 members (excludes halogenated alkanes) is 4. The fraction of sp³-hybridized carbons (Fsp3) is 0.588. The van der Waals surface area contributed by atoms with Crippen LogP contribution in [0.25, 0.3) is 0 Å². The summed E-state index contributed by atoms with van der Waals surface area (Å²) in [4.78, 5) is 11.7. The highest BCUT2D eigenvalue weighted by Crippen LogP contribution is 2.13. The topological polar surface area (TPSA) is 29.1 Å². The van der Waals surface area contributed by atoms with Crippen LogP contribution in [0.3, 0.4) is 0 Å². The molecule has 1 amide bonds. The highest BCUT2D eigenvalue weighted by Gasteiger charge is 2.07. The maximum absolute atomic E-state index is 11.7. The lowest BCUT2D eigenvalue weighted by Gasteiger charge is -2.13. The van der Waals surface area contributed by atoms with E-state index in [2.05, 4.69) is 31.3 Å². The van der Waals surface area contributed by atoms with Crippen LogP contribution < -0.4 is 5.32 Å². The molecule has 0 aliphatic carbocycles. The number of hydrogen-bond acceptors (Lipinski definition) is 1. The summed E-state index contributed by atoms with van der Waals surface area (Å²) in [6.07, 6.45) is 6.66. The van der Waals surface area contributed by atoms with Crippen molar-refractivity contribution in [3.05, 3.63) is 35.9 Å². The number of nitrogens with one attached hydrogen (secondary N) is 1. The highest BCUT2D eigenvalue weighted by atomic mass is 16.1. The molecule has 1 rings (SSSR count). The fourth-order valence-corrected chi connectivity index (χ4v) is 2.14. The Kier molecular flexibility index (Phi) is 7.95. The minimum atomic E-state index is 0.194. The van der Waals surface area contributed by atoms with Crippen LogP contribution >= 0.6 is 0 Å². The van der Waals surface area contributed by atoms with Gasteiger partial charge in [-0.25, -0.2) is 0 Å². The van der Waals surface area contributed by atoms with E-state index in [0.29, 0.717) is 12.3 Å². The van der Waals surface area contributed by atoms with Gasteiger partial charge < -0.3 is 5.32 Å². The molecule has 0 aliphatic heterocycles. The lowest BCUT2D eigenvalue weighted by Crippen LogP contribution is -2.27. The fourth-order valence-electron chi connectivity index (χ4n) is 2.14. The third kappa shape index (κ3) is 7.00. The third-order valence-electron chi connectivity index (χ3n) is 3.48. The van der Waals surface area contributed by atoms with Crippen molar-refractivity contribution in [1.82, 2.24) is 5.32 Å². The molecule has 0 fully saturated rings. The number of carbonyl (C=O) groups is 1. The molecule has 0 radical (unpaired) electrons. The molecule has 0 saturated heterocycles. The first-order valence-corrected chi connectivity index (χ1v) is 7.55. The van der Waals surface area contributed by atoms with Crippen LogP contribution in [0.1, 0.15) is 63.9 Å². The molecule has 0 bridgehead atoms. The van der Waals surface area contributed by atoms with Gasteiger partial charge >= 0.3 is 0 Å². The molecule has 1 aromatic rings. The lowest BCUT2D eigenvalue weighted by atomic mass is 10.0. The quantitative estimate of drug-likeness (QED) is 0.661. The molecule has 2 nitrogen and oxygen atoms in total. The van der Waals surface area contributed by atoms with Crippen molar-refractivity contribution in [2.45, 2.75) is 58.3 Å². The molecule has 0 spiro atoms. The monoisotopic (exact) mass is 261 g/mol. The molecule has 0 aliphatic rings. The molecular weight excluding hydrogens is 234 g/mol. The van der Waals surface area contributed by atoms with E-state index in [1.54, 1.807) is 0 Å². The summed E-state index contributed by atoms with van der Waals surface area (Å²) in [5, 5.41) is 3.03. The Morgan fingerprint density at radius 1 is 1.11 bits per heavy atom. The van der Waals surface area contributed by atoms with Crippen molar-refractivity contribution in [2.24, 2.45) is 0 Å². The molecule has 2 heteroatoms. The van der Waals surface area contributed by atoms with E-state index in [9.17, 15) is 4.79 Å². The summed E-state index contributed by atoms with van der Waals surface area (Å²) in [6.45, 7) is 5.09. The Labute approximate surface area is 117 Å². The van der Waals surface area contributed by atoms with E-state index >= 15 is 0 Å². The van der Waals surface area contributed by atoms with Crippen molar-refractivity contribution in [2.75, 3.05) is 6.54 Å². The predicted octanol–water partition coefficient (Wildman–Crippen LogP) is 4.27. The summed E-state index contributed by atoms with van der Waals surface area (Å²) in [6, 6.07) is 10.3. The van der Waals surface area contributed by atoms with Crippen LogP contribution in [0.4, 0.5) is 0 Å². The molecule has 0 saturated carbocycles. The maximum atomic E-state index is 11.7. The van der Waals surface area contributed by atoms with Crippen LogP contribution in [0.15, 0.2) is 30.3 Å². The van der Waals surface area contributed by atoms with Gasteiger partial charge in [-0.2, -0.15) is 0 Å². The number of benzene rings is 1. The van der Waals surface area contributed by atoms with Crippen molar-refractivity contribution >= 4 is 5.91 Å². The van der Waals surface area contributed by atoms with Crippen LogP contribution in [0.5, 0.6) is 0 Å². The average molecular weight is 261 g/mol. The Bertz CT molecular complexity index is 348. The second kappa shape index (κ2) is 9.60. The summed E-state index contributed by atoms with van der Waals surface area (Å²) in [7, 11) is 0. The van der Waals surface area contributed by atoms with Gasteiger partial charge in [0.2, 0.25) is 5.91 Å². The molecule has 106 valence electrons. The van der Waals surface area contributed by atoms with E-state index in [1.165, 1.54) is 31.2 Å². The summed E-state index contributed by atoms with van der Waals surface area (Å²) in [5.74, 6) is 0.574. The van der Waals surface area contributed by atoms with Gasteiger partial charge in [-0.1, -0.05) is 69.9 Å². The molecule has 0 unspecified atom stereocenters. The highest BCUT2D eigenvalue weighted by molar-refractivity contribution is 5.75. The first-order chi connectivity index (χ1) is 9.24. The second-order valence-electron chi connectivity index (χ2n) is 5.28. The van der Waals surface area contributed by atoms with Crippen molar-refractivity contribution in [3.8, 4) is 0 Å². The average Bonchev–Trinajstić information content (AvgIpc) is 2.45. The maximum Gasteiger partial charge on any atom is 0.220 e. The Hall–Kier alpha value is -1.31. The molecular formula is C17H27NO. The van der Waals surface area contributed by atoms with E-state index in [4.69, 9.17) is 0 Å². The van der Waals surface area contributed by atoms with Gasteiger partial charge in [-0.3, -0.25) is 4.79 Å². The Morgan fingerprint density at radius 2 is 1.79 bits per heavy atom. The van der Waals surface area contributed by atoms with Gasteiger partial charge in [0, 0.05) is 13.0 Å². The number of amides is 1. The van der Waals surface area contributed by atoms with E-state index < -0.39 is 0 Å². The minimum Gasteiger partial charge on any atom is -0.356 e. The Morgan fingerprint density at radius 3 is 2.47 bits per heavy atom. The predicted molar refractivity (Wildman–Crippen MR) is 81.2 cm³/mol. The normalized spacial score (nSPS) is 12.1. The number of carbonyl (C=O) groups excluding carboxylic acids is 1. The van der Waals surface area contributed by atoms with Crippen LogP contribution in [0, 0.1) is 0 Å². The van der Waals surface area contributed by atoms with E-state index in [-0.39, 0.29) is 5.91 Å². The van der Waals surface area contributed by atoms with Gasteiger partial charge in [-0.15, -0.1) is 0 Å². The van der Waals surface area contributed by atoms with Crippen molar-refractivity contribution in [1.29, 1.82) is 0 Å². The third-order valence-corrected chi connectivity index (χ3v) is 3.48. The molecule has 19 heavy (non-hydrogen) atoms. The molecule has 1 aromatic carbocycles. The summed E-state index contributed by atoms with van der Waals surface area (Å²) < 4.78 is 0. The van der Waals surface area contributed by atoms with E-state index in [0.717, 1.165) is 13.0 Å². The number of rotatable bonds is 9. The SMILES string of the molecule is CCCCCCCC(=O)NC[C@H](C)c1ccccc1. The molecule has 0 aromatic heterocycles. The second-order valence-corrected chi connectivity index (χ2v) is 5.28. The first kappa shape index (κ1) is 15.7. The lowest BCUT2D eigenvalue weighted by molar-refractivity contribution is -0.121. The number of hydrogen-bond donors (Lipinski definition) is 1. The summed E-state index contributed by atoms with van der Waals surface area (Å²) in [5.41, 5.74) is 1.28. The molecule has 0 heterocycles. The van der Waals surface area contributed by atoms with Crippen LogP contribution in [-0.2, 0) is 4.79 Å². The van der Waals surface area contributed by atoms with Crippen LogP contribution in [-0.4, -0.2) is 12.5 Å². The zero-order valence-electron chi connectivity index (χ0n) is 12.3. The smallest absolute Gasteiger partial charge is 0.220 e. The minimum absolute atomic E-state index is 0.194. The van der Waals surface area contributed by atoms with Gasteiger partial charge in [0.15, 0.2) is 0 Å². The zero-order chi connectivity index (χ0) is 13.9. The van der Waals surface area contributed by atoms with Crippen molar-refractivity contribution in [3.63, 3.8) is 0 Å². The summed E-state index contributed by atoms with van der Waals surface area (Å²) >= 11 is 0. The molecule has 1 N–H and O–H groups in total. The van der Waals surface area contributed by atoms with Gasteiger partial charge in [0.1, 0.15) is 0 Å². The van der Waals surface area contributed by atoms with Gasteiger partial charge in [-0.05, 0) is 17.9 Å². The zero-order valence-corrected chi connectivity index (χ0v) is 12.3. The van der Waals surface area contributed by atoms with Gasteiger partial charge in [0.25, 0.3) is 0 Å².